The van der Waals surface area contributed by atoms with Crippen molar-refractivity contribution in [2.45, 2.75) is 47.1 Å². The highest BCUT2D eigenvalue weighted by Crippen LogP contribution is 2.38. The average molecular weight is 471 g/mol. The minimum Gasteiger partial charge on any atom is -0.490 e. The molecule has 0 aromatic heterocycles. The number of hydrogen-bond acceptors (Lipinski definition) is 5. The van der Waals surface area contributed by atoms with E-state index in [4.69, 9.17) is 21.1 Å². The molecule has 0 aliphatic carbocycles. The third-order valence-corrected chi connectivity index (χ3v) is 5.38. The molecule has 1 N–H and O–H groups in total. The van der Waals surface area contributed by atoms with Gasteiger partial charge in [0.2, 0.25) is 0 Å². The van der Waals surface area contributed by atoms with Gasteiger partial charge in [-0.25, -0.2) is 9.69 Å². The fourth-order valence-electron chi connectivity index (χ4n) is 3.47. The van der Waals surface area contributed by atoms with Gasteiger partial charge >= 0.3 is 6.03 Å². The first-order chi connectivity index (χ1) is 15.6. The highest BCUT2D eigenvalue weighted by atomic mass is 35.5. The predicted octanol–water partition coefficient (Wildman–Crippen LogP) is 5.20. The van der Waals surface area contributed by atoms with Crippen LogP contribution in [-0.4, -0.2) is 30.6 Å². The SMILES string of the molecule is CCOc1cc(/C=C2\C(=O)NC(=O)N(c3cc(C)cc(C)c3)C2=O)cc(Cl)c1O[C@H](C)CC. The first-order valence-electron chi connectivity index (χ1n) is 10.8. The molecule has 8 heteroatoms. The number of ether oxygens (including phenoxy) is 2. The topological polar surface area (TPSA) is 84.9 Å². The van der Waals surface area contributed by atoms with Crippen LogP contribution in [0, 0.1) is 13.8 Å². The smallest absolute Gasteiger partial charge is 0.335 e. The number of urea groups is 1. The molecule has 0 bridgehead atoms. The van der Waals surface area contributed by atoms with Gasteiger partial charge < -0.3 is 9.47 Å². The molecule has 1 aliphatic heterocycles. The van der Waals surface area contributed by atoms with Gasteiger partial charge in [0.05, 0.1) is 23.4 Å². The largest absolute Gasteiger partial charge is 0.490 e. The van der Waals surface area contributed by atoms with Crippen molar-refractivity contribution in [3.63, 3.8) is 0 Å². The van der Waals surface area contributed by atoms with E-state index in [1.165, 1.54) is 6.08 Å². The van der Waals surface area contributed by atoms with E-state index in [2.05, 4.69) is 5.32 Å². The van der Waals surface area contributed by atoms with Gasteiger partial charge in [-0.3, -0.25) is 14.9 Å². The number of nitrogens with one attached hydrogen (secondary N) is 1. The average Bonchev–Trinajstić information content (AvgIpc) is 2.72. The van der Waals surface area contributed by atoms with Crippen molar-refractivity contribution >= 4 is 41.2 Å². The van der Waals surface area contributed by atoms with Gasteiger partial charge in [0, 0.05) is 0 Å². The number of carbonyl (C=O) groups excluding carboxylic acids is 3. The van der Waals surface area contributed by atoms with Gasteiger partial charge in [-0.05, 0) is 81.1 Å². The minimum atomic E-state index is -0.794. The minimum absolute atomic E-state index is 0.0750. The molecule has 1 fully saturated rings. The zero-order valence-electron chi connectivity index (χ0n) is 19.3. The van der Waals surface area contributed by atoms with Crippen molar-refractivity contribution < 1.29 is 23.9 Å². The zero-order valence-corrected chi connectivity index (χ0v) is 20.1. The van der Waals surface area contributed by atoms with Crippen LogP contribution in [0.4, 0.5) is 10.5 Å². The summed E-state index contributed by atoms with van der Waals surface area (Å²) in [5, 5.41) is 2.53. The number of barbiturate groups is 1. The van der Waals surface area contributed by atoms with Gasteiger partial charge in [-0.15, -0.1) is 0 Å². The lowest BCUT2D eigenvalue weighted by Crippen LogP contribution is -2.54. The standard InChI is InChI=1S/C25H27ClN2O5/c1-6-16(5)33-22-20(26)12-17(13-21(22)32-7-2)11-19-23(29)27-25(31)28(24(19)30)18-9-14(3)8-15(4)10-18/h8-13,16H,6-7H2,1-5H3,(H,27,29,31)/b19-11+/t16-/m1/s1. The molecule has 0 spiro atoms. The van der Waals surface area contributed by atoms with Crippen LogP contribution < -0.4 is 19.7 Å². The number of carbonyl (C=O) groups is 3. The van der Waals surface area contributed by atoms with Gasteiger partial charge in [-0.1, -0.05) is 24.6 Å². The molecule has 2 aromatic carbocycles. The van der Waals surface area contributed by atoms with Crippen LogP contribution in [0.5, 0.6) is 11.5 Å². The van der Waals surface area contributed by atoms with Crippen LogP contribution >= 0.6 is 11.6 Å². The molecule has 1 heterocycles. The maximum absolute atomic E-state index is 13.2. The summed E-state index contributed by atoms with van der Waals surface area (Å²) in [6.07, 6.45) is 2.10. The molecule has 7 nitrogen and oxygen atoms in total. The molecule has 3 rings (SSSR count). The van der Waals surface area contributed by atoms with E-state index in [1.807, 2.05) is 40.7 Å². The quantitative estimate of drug-likeness (QED) is 0.444. The summed E-state index contributed by atoms with van der Waals surface area (Å²) >= 11 is 6.46. The number of hydrogen-bond donors (Lipinski definition) is 1. The molecule has 1 saturated heterocycles. The van der Waals surface area contributed by atoms with Crippen molar-refractivity contribution in [2.24, 2.45) is 0 Å². The summed E-state index contributed by atoms with van der Waals surface area (Å²) < 4.78 is 11.6. The summed E-state index contributed by atoms with van der Waals surface area (Å²) in [4.78, 5) is 39.2. The summed E-state index contributed by atoms with van der Waals surface area (Å²) in [7, 11) is 0. The Hall–Kier alpha value is -3.32. The monoisotopic (exact) mass is 470 g/mol. The van der Waals surface area contributed by atoms with Crippen LogP contribution in [0.2, 0.25) is 5.02 Å². The third kappa shape index (κ3) is 5.37. The van der Waals surface area contributed by atoms with Gasteiger partial charge in [0.15, 0.2) is 11.5 Å². The van der Waals surface area contributed by atoms with E-state index < -0.39 is 17.8 Å². The number of rotatable bonds is 7. The first-order valence-corrected chi connectivity index (χ1v) is 11.1. The van der Waals surface area contributed by atoms with Crippen LogP contribution in [0.3, 0.4) is 0 Å². The highest BCUT2D eigenvalue weighted by molar-refractivity contribution is 6.39. The van der Waals surface area contributed by atoms with Crippen molar-refractivity contribution in [1.82, 2.24) is 5.32 Å². The Morgan fingerprint density at radius 2 is 1.73 bits per heavy atom. The second-order valence-electron chi connectivity index (χ2n) is 7.90. The summed E-state index contributed by atoms with van der Waals surface area (Å²) in [5.74, 6) is -0.688. The first kappa shape index (κ1) is 24.3. The molecular weight excluding hydrogens is 444 g/mol. The van der Waals surface area contributed by atoms with Crippen molar-refractivity contribution in [1.29, 1.82) is 0 Å². The van der Waals surface area contributed by atoms with Crippen molar-refractivity contribution in [3.8, 4) is 11.5 Å². The van der Waals surface area contributed by atoms with E-state index in [-0.39, 0.29) is 11.7 Å². The zero-order chi connectivity index (χ0) is 24.3. The number of amides is 4. The predicted molar refractivity (Wildman–Crippen MR) is 128 cm³/mol. The van der Waals surface area contributed by atoms with E-state index in [0.29, 0.717) is 34.4 Å². The number of nitrogens with zero attached hydrogens (tertiary/aromatic N) is 1. The highest BCUT2D eigenvalue weighted by Gasteiger charge is 2.37. The normalized spacial score (nSPS) is 16.1. The van der Waals surface area contributed by atoms with Crippen LogP contribution in [0.15, 0.2) is 35.9 Å². The van der Waals surface area contributed by atoms with Crippen LogP contribution in [-0.2, 0) is 9.59 Å². The Morgan fingerprint density at radius 3 is 2.33 bits per heavy atom. The lowest BCUT2D eigenvalue weighted by molar-refractivity contribution is -0.122. The van der Waals surface area contributed by atoms with Gasteiger partial charge in [0.25, 0.3) is 11.8 Å². The number of halogens is 1. The number of imide groups is 2. The fraction of sp³-hybridized carbons (Fsp3) is 0.320. The maximum Gasteiger partial charge on any atom is 0.335 e. The van der Waals surface area contributed by atoms with Crippen LogP contribution in [0.1, 0.15) is 43.9 Å². The molecule has 0 radical (unpaired) electrons. The van der Waals surface area contributed by atoms with Crippen molar-refractivity contribution in [2.75, 3.05) is 11.5 Å². The summed E-state index contributed by atoms with van der Waals surface area (Å²) in [6.45, 7) is 9.86. The molecule has 2 aromatic rings. The van der Waals surface area contributed by atoms with E-state index >= 15 is 0 Å². The number of aryl methyl sites for hydroxylation is 2. The lowest BCUT2D eigenvalue weighted by atomic mass is 10.0. The lowest BCUT2D eigenvalue weighted by Gasteiger charge is -2.27. The maximum atomic E-state index is 13.2. The van der Waals surface area contributed by atoms with Crippen molar-refractivity contribution in [3.05, 3.63) is 57.6 Å². The summed E-state index contributed by atoms with van der Waals surface area (Å²) in [5.41, 5.74) is 2.44. The van der Waals surface area contributed by atoms with E-state index in [1.54, 1.807) is 24.3 Å². The Kier molecular flexibility index (Phi) is 7.43. The second kappa shape index (κ2) is 10.1. The molecule has 1 aliphatic rings. The van der Waals surface area contributed by atoms with Gasteiger partial charge in [-0.2, -0.15) is 0 Å². The Labute approximate surface area is 198 Å². The third-order valence-electron chi connectivity index (χ3n) is 5.10. The second-order valence-corrected chi connectivity index (χ2v) is 8.31. The van der Waals surface area contributed by atoms with Crippen LogP contribution in [0.25, 0.3) is 6.08 Å². The number of anilines is 1. The van der Waals surface area contributed by atoms with E-state index in [0.717, 1.165) is 22.4 Å². The Morgan fingerprint density at radius 1 is 1.06 bits per heavy atom. The molecular formula is C25H27ClN2O5. The molecule has 4 amide bonds. The summed E-state index contributed by atoms with van der Waals surface area (Å²) in [6, 6.07) is 7.80. The molecule has 33 heavy (non-hydrogen) atoms. The van der Waals surface area contributed by atoms with Gasteiger partial charge in [0.1, 0.15) is 5.57 Å². The fourth-order valence-corrected chi connectivity index (χ4v) is 3.74. The Balaban J connectivity index is 2.04. The Bertz CT molecular complexity index is 1120. The molecule has 0 saturated carbocycles. The number of benzene rings is 2. The molecule has 1 atom stereocenters. The molecule has 174 valence electrons. The molecule has 0 unspecified atom stereocenters. The van der Waals surface area contributed by atoms with E-state index in [9.17, 15) is 14.4 Å².